The Balaban J connectivity index is 1.66. The van der Waals surface area contributed by atoms with E-state index in [1.807, 2.05) is 60.7 Å². The molecule has 8 nitrogen and oxygen atoms in total. The van der Waals surface area contributed by atoms with Gasteiger partial charge in [0.1, 0.15) is 11.5 Å². The highest BCUT2D eigenvalue weighted by Crippen LogP contribution is 2.33. The van der Waals surface area contributed by atoms with Crippen LogP contribution in [0.15, 0.2) is 86.4 Å². The molecular weight excluding hydrogens is 426 g/mol. The van der Waals surface area contributed by atoms with Crippen molar-refractivity contribution in [2.75, 3.05) is 14.2 Å². The first kappa shape index (κ1) is 21.1. The monoisotopic (exact) mass is 445 g/mol. The fourth-order valence-electron chi connectivity index (χ4n) is 2.81. The first-order valence-electron chi connectivity index (χ1n) is 9.58. The molecule has 0 unspecified atom stereocenters. The average Bonchev–Trinajstić information content (AvgIpc) is 3.28. The van der Waals surface area contributed by atoms with Crippen LogP contribution in [-0.4, -0.2) is 30.6 Å². The maximum absolute atomic E-state index is 5.48. The van der Waals surface area contributed by atoms with Crippen molar-refractivity contribution < 1.29 is 13.9 Å². The number of methoxy groups -OCH3 is 2. The highest BCUT2D eigenvalue weighted by molar-refractivity contribution is 7.71. The minimum absolute atomic E-state index is 0.188. The summed E-state index contributed by atoms with van der Waals surface area (Å²) in [5.41, 5.74) is 3.52. The maximum Gasteiger partial charge on any atom is 0.284 e. The Morgan fingerprint density at radius 2 is 1.50 bits per heavy atom. The molecule has 0 spiro atoms. The molecule has 3 aromatic carbocycles. The predicted octanol–water partition coefficient (Wildman–Crippen LogP) is 6.58. The molecule has 4 aromatic rings. The first-order valence-corrected chi connectivity index (χ1v) is 9.99. The van der Waals surface area contributed by atoms with Crippen molar-refractivity contribution in [1.82, 2.24) is 10.2 Å². The number of aromatic nitrogens is 2. The molecular formula is C23H19N5O3S. The van der Waals surface area contributed by atoms with Crippen molar-refractivity contribution in [3.63, 3.8) is 0 Å². The molecule has 0 atom stereocenters. The summed E-state index contributed by atoms with van der Waals surface area (Å²) in [7, 11) is 3.24. The molecule has 0 bridgehead atoms. The van der Waals surface area contributed by atoms with E-state index >= 15 is 0 Å². The van der Waals surface area contributed by atoms with E-state index in [-0.39, 0.29) is 4.84 Å². The third-order valence-electron chi connectivity index (χ3n) is 4.47. The Kier molecular flexibility index (Phi) is 6.47. The van der Waals surface area contributed by atoms with Crippen LogP contribution in [0.4, 0.5) is 17.1 Å². The van der Waals surface area contributed by atoms with Crippen LogP contribution in [0.2, 0.25) is 0 Å². The number of hydrogen-bond donors (Lipinski definition) is 1. The number of aromatic amines is 1. The maximum atomic E-state index is 5.48. The van der Waals surface area contributed by atoms with Gasteiger partial charge in [-0.2, -0.15) is 10.2 Å². The summed E-state index contributed by atoms with van der Waals surface area (Å²) in [6.45, 7) is 0. The second kappa shape index (κ2) is 9.80. The molecule has 0 aliphatic heterocycles. The lowest BCUT2D eigenvalue weighted by atomic mass is 10.1. The van der Waals surface area contributed by atoms with Gasteiger partial charge in [0.2, 0.25) is 5.89 Å². The zero-order chi connectivity index (χ0) is 22.3. The summed E-state index contributed by atoms with van der Waals surface area (Å²) >= 11 is 5.00. The summed E-state index contributed by atoms with van der Waals surface area (Å²) < 4.78 is 15.8. The predicted molar refractivity (Wildman–Crippen MR) is 125 cm³/mol. The normalized spacial score (nSPS) is 11.3. The van der Waals surface area contributed by atoms with E-state index in [4.69, 9.17) is 26.1 Å². The first-order chi connectivity index (χ1) is 15.6. The van der Waals surface area contributed by atoms with Gasteiger partial charge < -0.3 is 13.9 Å². The zero-order valence-electron chi connectivity index (χ0n) is 17.4. The molecule has 0 radical (unpaired) electrons. The second-order valence-electron chi connectivity index (χ2n) is 6.55. The number of nitrogens with one attached hydrogen (secondary N) is 1. The largest absolute Gasteiger partial charge is 0.497 e. The number of hydrogen-bond acceptors (Lipinski definition) is 8. The van der Waals surface area contributed by atoms with E-state index in [0.29, 0.717) is 28.5 Å². The number of aliphatic imine (C=N–C) groups is 1. The Bertz CT molecular complexity index is 1310. The summed E-state index contributed by atoms with van der Waals surface area (Å²) in [4.78, 5) is 4.81. The van der Waals surface area contributed by atoms with Crippen molar-refractivity contribution >= 4 is 35.5 Å². The van der Waals surface area contributed by atoms with Crippen molar-refractivity contribution in [2.45, 2.75) is 0 Å². The van der Waals surface area contributed by atoms with E-state index in [9.17, 15) is 0 Å². The molecule has 9 heteroatoms. The van der Waals surface area contributed by atoms with Crippen LogP contribution in [0, 0.1) is 4.84 Å². The number of ether oxygens (including phenoxy) is 2. The van der Waals surface area contributed by atoms with E-state index < -0.39 is 0 Å². The Morgan fingerprint density at radius 1 is 0.875 bits per heavy atom. The molecule has 0 saturated heterocycles. The molecule has 0 fully saturated rings. The van der Waals surface area contributed by atoms with E-state index in [1.54, 1.807) is 26.5 Å². The van der Waals surface area contributed by atoms with Crippen molar-refractivity contribution in [3.05, 3.63) is 77.1 Å². The highest BCUT2D eigenvalue weighted by Gasteiger charge is 2.11. The van der Waals surface area contributed by atoms with Gasteiger partial charge in [-0.1, -0.05) is 0 Å². The van der Waals surface area contributed by atoms with Crippen LogP contribution in [0.3, 0.4) is 0 Å². The van der Waals surface area contributed by atoms with Crippen LogP contribution < -0.4 is 9.47 Å². The molecule has 0 saturated carbocycles. The molecule has 160 valence electrons. The number of benzene rings is 3. The summed E-state index contributed by atoms with van der Waals surface area (Å²) in [5.74, 6) is 1.87. The number of rotatable bonds is 7. The quantitative estimate of drug-likeness (QED) is 0.197. The van der Waals surface area contributed by atoms with Gasteiger partial charge in [0.05, 0.1) is 36.8 Å². The molecule has 4 rings (SSSR count). The van der Waals surface area contributed by atoms with Gasteiger partial charge in [-0.05, 0) is 84.5 Å². The van der Waals surface area contributed by atoms with Crippen LogP contribution >= 0.6 is 12.2 Å². The molecule has 0 aliphatic rings. The fraction of sp³-hybridized carbons (Fsp3) is 0.0870. The van der Waals surface area contributed by atoms with Gasteiger partial charge in [-0.3, -0.25) is 4.99 Å². The molecule has 1 N–H and O–H groups in total. The zero-order valence-corrected chi connectivity index (χ0v) is 18.2. The van der Waals surface area contributed by atoms with Crippen LogP contribution in [0.25, 0.3) is 11.5 Å². The highest BCUT2D eigenvalue weighted by atomic mass is 32.1. The fourth-order valence-corrected chi connectivity index (χ4v) is 2.94. The number of H-pyrrole nitrogens is 1. The lowest BCUT2D eigenvalue weighted by molar-refractivity contribution is 0.414. The van der Waals surface area contributed by atoms with Gasteiger partial charge in [0.15, 0.2) is 0 Å². The van der Waals surface area contributed by atoms with Crippen molar-refractivity contribution in [2.24, 2.45) is 15.2 Å². The number of azo groups is 1. The van der Waals surface area contributed by atoms with Crippen LogP contribution in [0.1, 0.15) is 5.56 Å². The summed E-state index contributed by atoms with van der Waals surface area (Å²) in [5, 5.41) is 15.3. The molecule has 0 aliphatic carbocycles. The molecule has 1 aromatic heterocycles. The number of nitrogens with zero attached hydrogens (tertiary/aromatic N) is 4. The average molecular weight is 446 g/mol. The molecule has 32 heavy (non-hydrogen) atoms. The topological polar surface area (TPSA) is 97.4 Å². The smallest absolute Gasteiger partial charge is 0.284 e. The lowest BCUT2D eigenvalue weighted by Gasteiger charge is -2.03. The second-order valence-corrected chi connectivity index (χ2v) is 6.92. The Morgan fingerprint density at radius 3 is 2.12 bits per heavy atom. The van der Waals surface area contributed by atoms with Gasteiger partial charge in [0.25, 0.3) is 4.84 Å². The van der Waals surface area contributed by atoms with Gasteiger partial charge in [-0.15, -0.1) is 5.10 Å². The summed E-state index contributed by atoms with van der Waals surface area (Å²) in [6.07, 6.45) is 1.74. The third-order valence-corrected chi connectivity index (χ3v) is 4.65. The van der Waals surface area contributed by atoms with E-state index in [0.717, 1.165) is 17.1 Å². The molecule has 0 amide bonds. The van der Waals surface area contributed by atoms with E-state index in [2.05, 4.69) is 25.4 Å². The SMILES string of the molecule is COc1ccc(C=Nc2cc(N=Nc3ccc(OC)cc3)ccc2-c2n[nH]c(=S)o2)cc1. The van der Waals surface area contributed by atoms with Gasteiger partial charge in [0, 0.05) is 6.21 Å². The Hall–Kier alpha value is -4.11. The Labute approximate surface area is 189 Å². The summed E-state index contributed by atoms with van der Waals surface area (Å²) in [6, 6.07) is 20.3. The van der Waals surface area contributed by atoms with Gasteiger partial charge in [-0.25, -0.2) is 5.10 Å². The minimum Gasteiger partial charge on any atom is -0.497 e. The molecule has 1 heterocycles. The van der Waals surface area contributed by atoms with E-state index in [1.165, 1.54) is 0 Å². The minimum atomic E-state index is 0.188. The van der Waals surface area contributed by atoms with Crippen molar-refractivity contribution in [3.8, 4) is 23.0 Å². The third kappa shape index (κ3) is 5.13. The standard InChI is InChI=1S/C23H19N5O3S/c1-29-18-8-3-15(4-9-18)14-24-21-13-17(7-12-20(21)22-27-28-23(32)31-22)26-25-16-5-10-19(30-2)11-6-16/h3-14H,1-2H3,(H,28,32). The van der Waals surface area contributed by atoms with Crippen LogP contribution in [-0.2, 0) is 0 Å². The lowest BCUT2D eigenvalue weighted by Crippen LogP contribution is -1.85. The van der Waals surface area contributed by atoms with Gasteiger partial charge >= 0.3 is 0 Å². The van der Waals surface area contributed by atoms with Crippen molar-refractivity contribution in [1.29, 1.82) is 0 Å². The van der Waals surface area contributed by atoms with Crippen LogP contribution in [0.5, 0.6) is 11.5 Å².